The molecule has 1 aliphatic carbocycles. The monoisotopic (exact) mass is 303 g/mol. The van der Waals surface area contributed by atoms with E-state index in [2.05, 4.69) is 35.6 Å². The first-order valence-electron chi connectivity index (χ1n) is 7.39. The van der Waals surface area contributed by atoms with Crippen molar-refractivity contribution in [1.29, 1.82) is 0 Å². The fourth-order valence-electron chi connectivity index (χ4n) is 2.98. The van der Waals surface area contributed by atoms with Crippen molar-refractivity contribution >= 4 is 12.4 Å². The molecule has 2 N–H and O–H groups in total. The molecule has 0 bridgehead atoms. The second-order valence-electron chi connectivity index (χ2n) is 5.61. The molecule has 0 spiro atoms. The molecule has 0 aliphatic heterocycles. The minimum absolute atomic E-state index is 0. The number of aryl methyl sites for hydroxylation is 1. The third-order valence-corrected chi connectivity index (χ3v) is 4.09. The highest BCUT2D eigenvalue weighted by atomic mass is 35.5. The van der Waals surface area contributed by atoms with Crippen LogP contribution in [0.1, 0.15) is 29.5 Å². The molecule has 0 fully saturated rings. The Balaban J connectivity index is 0.00000161. The zero-order chi connectivity index (χ0) is 13.8. The van der Waals surface area contributed by atoms with Crippen molar-refractivity contribution in [2.45, 2.75) is 38.3 Å². The molecular formula is C18H22ClNO. The van der Waals surface area contributed by atoms with E-state index in [-0.39, 0.29) is 12.4 Å². The average Bonchev–Trinajstić information content (AvgIpc) is 2.67. The lowest BCUT2D eigenvalue weighted by Gasteiger charge is -2.17. The molecule has 112 valence electrons. The number of rotatable bonds is 3. The van der Waals surface area contributed by atoms with Crippen LogP contribution >= 0.6 is 12.4 Å². The van der Waals surface area contributed by atoms with Gasteiger partial charge in [-0.05, 0) is 54.5 Å². The summed E-state index contributed by atoms with van der Waals surface area (Å²) in [5.74, 6) is 0.382. The number of halogens is 1. The van der Waals surface area contributed by atoms with E-state index in [1.165, 1.54) is 29.5 Å². The molecule has 2 aromatic rings. The smallest absolute Gasteiger partial charge is 0.115 e. The van der Waals surface area contributed by atoms with Crippen molar-refractivity contribution < 1.29 is 5.11 Å². The minimum Gasteiger partial charge on any atom is -0.508 e. The van der Waals surface area contributed by atoms with Crippen LogP contribution in [0.25, 0.3) is 0 Å². The van der Waals surface area contributed by atoms with Crippen LogP contribution in [-0.2, 0) is 19.4 Å². The van der Waals surface area contributed by atoms with E-state index in [9.17, 15) is 5.11 Å². The first-order valence-corrected chi connectivity index (χ1v) is 7.39. The Kier molecular flexibility index (Phi) is 5.66. The predicted molar refractivity (Wildman–Crippen MR) is 89.1 cm³/mol. The van der Waals surface area contributed by atoms with Crippen LogP contribution in [0.5, 0.6) is 5.75 Å². The first kappa shape index (κ1) is 15.9. The maximum absolute atomic E-state index is 9.65. The van der Waals surface area contributed by atoms with E-state index < -0.39 is 0 Å². The summed E-state index contributed by atoms with van der Waals surface area (Å²) in [6, 6.07) is 16.8. The van der Waals surface area contributed by atoms with Crippen molar-refractivity contribution in [2.75, 3.05) is 0 Å². The third kappa shape index (κ3) is 4.23. The molecule has 2 aromatic carbocycles. The van der Waals surface area contributed by atoms with Gasteiger partial charge in [-0.25, -0.2) is 0 Å². The highest BCUT2D eigenvalue weighted by Crippen LogP contribution is 2.24. The highest BCUT2D eigenvalue weighted by Gasteiger charge is 2.16. The van der Waals surface area contributed by atoms with Gasteiger partial charge in [-0.15, -0.1) is 12.4 Å². The van der Waals surface area contributed by atoms with E-state index in [0.29, 0.717) is 11.8 Å². The number of hydrogen-bond donors (Lipinski definition) is 2. The average molecular weight is 304 g/mol. The number of phenolic OH excluding ortho intramolecular Hbond substituents is 1. The van der Waals surface area contributed by atoms with Crippen molar-refractivity contribution in [3.05, 3.63) is 65.2 Å². The van der Waals surface area contributed by atoms with Crippen molar-refractivity contribution in [3.8, 4) is 5.75 Å². The summed E-state index contributed by atoms with van der Waals surface area (Å²) in [4.78, 5) is 0. The van der Waals surface area contributed by atoms with Crippen LogP contribution in [0.3, 0.4) is 0 Å². The topological polar surface area (TPSA) is 32.3 Å². The molecule has 0 radical (unpaired) electrons. The highest BCUT2D eigenvalue weighted by molar-refractivity contribution is 5.85. The predicted octanol–water partition coefficient (Wildman–Crippen LogP) is 3.85. The Bertz CT molecular complexity index is 571. The summed E-state index contributed by atoms with van der Waals surface area (Å²) in [7, 11) is 0. The maximum Gasteiger partial charge on any atom is 0.115 e. The van der Waals surface area contributed by atoms with Gasteiger partial charge in [0.15, 0.2) is 0 Å². The lowest BCUT2D eigenvalue weighted by atomic mass is 10.0. The van der Waals surface area contributed by atoms with Gasteiger partial charge in [0.1, 0.15) is 5.75 Å². The van der Waals surface area contributed by atoms with Crippen LogP contribution in [0.2, 0.25) is 0 Å². The molecule has 3 heteroatoms. The Hall–Kier alpha value is -1.51. The Morgan fingerprint density at radius 3 is 2.67 bits per heavy atom. The molecule has 0 saturated heterocycles. The number of hydrogen-bond acceptors (Lipinski definition) is 2. The number of benzene rings is 2. The quantitative estimate of drug-likeness (QED) is 0.844. The largest absolute Gasteiger partial charge is 0.508 e. The second-order valence-corrected chi connectivity index (χ2v) is 5.61. The number of fused-ring (bicyclic) bond motifs is 1. The molecule has 0 heterocycles. The van der Waals surface area contributed by atoms with Gasteiger partial charge < -0.3 is 10.4 Å². The van der Waals surface area contributed by atoms with Gasteiger partial charge in [0.25, 0.3) is 0 Å². The lowest BCUT2D eigenvalue weighted by molar-refractivity contribution is 0.467. The molecule has 3 rings (SSSR count). The van der Waals surface area contributed by atoms with Crippen LogP contribution in [0.4, 0.5) is 0 Å². The normalized spacial score (nSPS) is 17.4. The molecule has 2 nitrogen and oxygen atoms in total. The van der Waals surface area contributed by atoms with Gasteiger partial charge in [-0.2, -0.15) is 0 Å². The number of aromatic hydroxyl groups is 1. The Morgan fingerprint density at radius 2 is 1.86 bits per heavy atom. The molecule has 0 aromatic heterocycles. The summed E-state index contributed by atoms with van der Waals surface area (Å²) < 4.78 is 0. The summed E-state index contributed by atoms with van der Waals surface area (Å²) >= 11 is 0. The molecule has 1 aliphatic rings. The zero-order valence-electron chi connectivity index (χ0n) is 12.1. The molecule has 0 unspecified atom stereocenters. The SMILES string of the molecule is Cl.Oc1ccc2c(c1)C[C@@H](NCc1ccccc1)CCC2. The molecule has 0 amide bonds. The van der Waals surface area contributed by atoms with Crippen LogP contribution in [0, 0.1) is 0 Å². The fourth-order valence-corrected chi connectivity index (χ4v) is 2.98. The van der Waals surface area contributed by atoms with Gasteiger partial charge >= 0.3 is 0 Å². The molecule has 21 heavy (non-hydrogen) atoms. The number of phenols is 1. The molecule has 1 atom stereocenters. The van der Waals surface area contributed by atoms with Gasteiger partial charge in [0.05, 0.1) is 0 Å². The van der Waals surface area contributed by atoms with Gasteiger partial charge in [0, 0.05) is 12.6 Å². The van der Waals surface area contributed by atoms with Crippen molar-refractivity contribution in [2.24, 2.45) is 0 Å². The Morgan fingerprint density at radius 1 is 1.05 bits per heavy atom. The van der Waals surface area contributed by atoms with Crippen LogP contribution in [0.15, 0.2) is 48.5 Å². The van der Waals surface area contributed by atoms with E-state index in [1.54, 1.807) is 6.07 Å². The van der Waals surface area contributed by atoms with Gasteiger partial charge in [0.2, 0.25) is 0 Å². The minimum atomic E-state index is 0. The first-order chi connectivity index (χ1) is 9.81. The van der Waals surface area contributed by atoms with E-state index in [1.807, 2.05) is 12.1 Å². The van der Waals surface area contributed by atoms with Crippen LogP contribution in [-0.4, -0.2) is 11.1 Å². The summed E-state index contributed by atoms with van der Waals surface area (Å²) in [6.45, 7) is 0.916. The van der Waals surface area contributed by atoms with Crippen molar-refractivity contribution in [1.82, 2.24) is 5.32 Å². The third-order valence-electron chi connectivity index (χ3n) is 4.09. The number of nitrogens with one attached hydrogen (secondary N) is 1. The zero-order valence-corrected chi connectivity index (χ0v) is 12.9. The summed E-state index contributed by atoms with van der Waals surface area (Å²) in [6.07, 6.45) is 4.54. The standard InChI is InChI=1S/C18H21NO.ClH/c20-18-10-9-15-7-4-8-17(11-16(15)12-18)19-13-14-5-2-1-3-6-14;/h1-3,5-6,9-10,12,17,19-20H,4,7-8,11,13H2;1H/t17-;/m0./s1. The summed E-state index contributed by atoms with van der Waals surface area (Å²) in [5.41, 5.74) is 4.02. The second kappa shape index (κ2) is 7.48. The Labute approximate surface area is 132 Å². The van der Waals surface area contributed by atoms with E-state index in [4.69, 9.17) is 0 Å². The van der Waals surface area contributed by atoms with E-state index in [0.717, 1.165) is 19.4 Å². The van der Waals surface area contributed by atoms with Gasteiger partial charge in [-0.3, -0.25) is 0 Å². The van der Waals surface area contributed by atoms with Gasteiger partial charge in [-0.1, -0.05) is 36.4 Å². The maximum atomic E-state index is 9.65. The molecular weight excluding hydrogens is 282 g/mol. The fraction of sp³-hybridized carbons (Fsp3) is 0.333. The summed E-state index contributed by atoms with van der Waals surface area (Å²) in [5, 5.41) is 13.3. The lowest BCUT2D eigenvalue weighted by Crippen LogP contribution is -2.30. The van der Waals surface area contributed by atoms with Crippen molar-refractivity contribution in [3.63, 3.8) is 0 Å². The molecule has 0 saturated carbocycles. The van der Waals surface area contributed by atoms with Crippen LogP contribution < -0.4 is 5.32 Å². The van der Waals surface area contributed by atoms with E-state index >= 15 is 0 Å².